The lowest BCUT2D eigenvalue weighted by atomic mass is 10.1. The van der Waals surface area contributed by atoms with Crippen molar-refractivity contribution in [2.45, 2.75) is 52.2 Å². The number of hydrogen-bond donors (Lipinski definition) is 1. The van der Waals surface area contributed by atoms with Crippen LogP contribution >= 0.6 is 11.6 Å². The van der Waals surface area contributed by atoms with Crippen LogP contribution in [-0.2, 0) is 22.6 Å². The topological polar surface area (TPSA) is 49.4 Å². The summed E-state index contributed by atoms with van der Waals surface area (Å²) in [7, 11) is 0. The molecule has 1 atom stereocenters. The van der Waals surface area contributed by atoms with E-state index < -0.39 is 11.9 Å². The van der Waals surface area contributed by atoms with Crippen molar-refractivity contribution in [1.82, 2.24) is 10.2 Å². The Morgan fingerprint density at radius 2 is 1.79 bits per heavy atom. The summed E-state index contributed by atoms with van der Waals surface area (Å²) in [6.07, 6.45) is 0.242. The second-order valence-corrected chi connectivity index (χ2v) is 7.38. The number of carbonyl (C=O) groups excluding carboxylic acids is 2. The maximum absolute atomic E-state index is 14.2. The lowest BCUT2D eigenvalue weighted by Gasteiger charge is -2.31. The summed E-state index contributed by atoms with van der Waals surface area (Å²) in [5.74, 6) is -1.09. The molecule has 0 saturated carbocycles. The molecular formula is C22H26ClFN2O2. The first kappa shape index (κ1) is 21.9. The number of benzene rings is 2. The Labute approximate surface area is 170 Å². The Morgan fingerprint density at radius 3 is 2.36 bits per heavy atom. The lowest BCUT2D eigenvalue weighted by Crippen LogP contribution is -2.50. The maximum Gasteiger partial charge on any atom is 0.243 e. The summed E-state index contributed by atoms with van der Waals surface area (Å²) in [6, 6.07) is 13.1. The van der Waals surface area contributed by atoms with Gasteiger partial charge in [-0.25, -0.2) is 4.39 Å². The lowest BCUT2D eigenvalue weighted by molar-refractivity contribution is -0.141. The van der Waals surface area contributed by atoms with Crippen LogP contribution in [0.5, 0.6) is 0 Å². The van der Waals surface area contributed by atoms with Crippen LogP contribution < -0.4 is 5.32 Å². The molecule has 0 fully saturated rings. The maximum atomic E-state index is 14.2. The molecular weight excluding hydrogens is 379 g/mol. The second-order valence-electron chi connectivity index (χ2n) is 6.97. The largest absolute Gasteiger partial charge is 0.352 e. The fraction of sp³-hybridized carbons (Fsp3) is 0.364. The molecule has 150 valence electrons. The molecule has 2 aromatic rings. The number of nitrogens with zero attached hydrogens (tertiary/aromatic N) is 1. The Balaban J connectivity index is 2.33. The van der Waals surface area contributed by atoms with Crippen molar-refractivity contribution < 1.29 is 14.0 Å². The molecule has 2 aromatic carbocycles. The van der Waals surface area contributed by atoms with Gasteiger partial charge in [-0.15, -0.1) is 0 Å². The zero-order chi connectivity index (χ0) is 20.7. The second kappa shape index (κ2) is 10.2. The van der Waals surface area contributed by atoms with Gasteiger partial charge in [0.2, 0.25) is 11.8 Å². The molecule has 0 aromatic heterocycles. The predicted octanol–water partition coefficient (Wildman–Crippen LogP) is 4.35. The van der Waals surface area contributed by atoms with Gasteiger partial charge in [0.25, 0.3) is 0 Å². The summed E-state index contributed by atoms with van der Waals surface area (Å²) < 4.78 is 14.2. The normalized spacial score (nSPS) is 11.9. The van der Waals surface area contributed by atoms with E-state index in [9.17, 15) is 14.0 Å². The van der Waals surface area contributed by atoms with Crippen molar-refractivity contribution in [1.29, 1.82) is 0 Å². The number of hydrogen-bond acceptors (Lipinski definition) is 2. The third-order valence-corrected chi connectivity index (χ3v) is 4.76. The van der Waals surface area contributed by atoms with E-state index in [1.165, 1.54) is 17.0 Å². The van der Waals surface area contributed by atoms with Crippen molar-refractivity contribution in [2.75, 3.05) is 0 Å². The molecule has 2 amide bonds. The van der Waals surface area contributed by atoms with Crippen LogP contribution in [-0.4, -0.2) is 28.8 Å². The number of nitrogens with one attached hydrogen (secondary N) is 1. The van der Waals surface area contributed by atoms with Crippen molar-refractivity contribution in [3.8, 4) is 0 Å². The van der Waals surface area contributed by atoms with E-state index in [2.05, 4.69) is 5.32 Å². The zero-order valence-electron chi connectivity index (χ0n) is 16.4. The first-order valence-electron chi connectivity index (χ1n) is 9.40. The van der Waals surface area contributed by atoms with E-state index in [1.54, 1.807) is 6.07 Å². The fourth-order valence-electron chi connectivity index (χ4n) is 3.03. The number of amides is 2. The summed E-state index contributed by atoms with van der Waals surface area (Å²) in [5, 5.41) is 3.07. The molecule has 0 radical (unpaired) electrons. The highest BCUT2D eigenvalue weighted by Gasteiger charge is 2.29. The SMILES string of the molecule is CC[C@H](C(=O)NC(C)C)N(Cc1ccccc1)C(=O)Cc1c(F)cccc1Cl. The predicted molar refractivity (Wildman–Crippen MR) is 109 cm³/mol. The van der Waals surface area contributed by atoms with Crippen molar-refractivity contribution in [3.05, 3.63) is 70.5 Å². The average molecular weight is 405 g/mol. The third-order valence-electron chi connectivity index (χ3n) is 4.40. The van der Waals surface area contributed by atoms with E-state index in [0.717, 1.165) is 5.56 Å². The molecule has 0 aliphatic carbocycles. The first-order chi connectivity index (χ1) is 13.3. The van der Waals surface area contributed by atoms with Crippen LogP contribution in [0.4, 0.5) is 4.39 Å². The molecule has 2 rings (SSSR count). The first-order valence-corrected chi connectivity index (χ1v) is 9.77. The Hall–Kier alpha value is -2.40. The van der Waals surface area contributed by atoms with Gasteiger partial charge < -0.3 is 10.2 Å². The highest BCUT2D eigenvalue weighted by Crippen LogP contribution is 2.22. The van der Waals surface area contributed by atoms with E-state index in [1.807, 2.05) is 51.1 Å². The minimum absolute atomic E-state index is 0.0451. The molecule has 6 heteroatoms. The Bertz CT molecular complexity index is 791. The Kier molecular flexibility index (Phi) is 8.00. The average Bonchev–Trinajstić information content (AvgIpc) is 2.64. The van der Waals surface area contributed by atoms with Crippen LogP contribution in [0, 0.1) is 5.82 Å². The monoisotopic (exact) mass is 404 g/mol. The van der Waals surface area contributed by atoms with Crippen LogP contribution in [0.3, 0.4) is 0 Å². The number of carbonyl (C=O) groups is 2. The molecule has 0 aliphatic rings. The molecule has 0 bridgehead atoms. The molecule has 28 heavy (non-hydrogen) atoms. The van der Waals surface area contributed by atoms with Crippen LogP contribution in [0.25, 0.3) is 0 Å². The summed E-state index contributed by atoms with van der Waals surface area (Å²) in [6.45, 7) is 5.85. The molecule has 4 nitrogen and oxygen atoms in total. The van der Waals surface area contributed by atoms with Crippen LogP contribution in [0.1, 0.15) is 38.3 Å². The van der Waals surface area contributed by atoms with E-state index in [4.69, 9.17) is 11.6 Å². The highest BCUT2D eigenvalue weighted by molar-refractivity contribution is 6.31. The highest BCUT2D eigenvalue weighted by atomic mass is 35.5. The van der Waals surface area contributed by atoms with E-state index >= 15 is 0 Å². The minimum Gasteiger partial charge on any atom is -0.352 e. The minimum atomic E-state index is -0.652. The van der Waals surface area contributed by atoms with Gasteiger partial charge in [-0.1, -0.05) is 54.9 Å². The third kappa shape index (κ3) is 5.80. The fourth-order valence-corrected chi connectivity index (χ4v) is 3.26. The molecule has 0 spiro atoms. The quantitative estimate of drug-likeness (QED) is 0.710. The summed E-state index contributed by atoms with van der Waals surface area (Å²) >= 11 is 6.09. The van der Waals surface area contributed by atoms with Crippen molar-refractivity contribution in [3.63, 3.8) is 0 Å². The van der Waals surface area contributed by atoms with Crippen molar-refractivity contribution >= 4 is 23.4 Å². The number of rotatable bonds is 8. The van der Waals surface area contributed by atoms with Gasteiger partial charge in [0.05, 0.1) is 6.42 Å². The molecule has 0 unspecified atom stereocenters. The van der Waals surface area contributed by atoms with Gasteiger partial charge in [0.1, 0.15) is 11.9 Å². The van der Waals surface area contributed by atoms with Crippen molar-refractivity contribution in [2.24, 2.45) is 0 Å². The van der Waals surface area contributed by atoms with Gasteiger partial charge in [0, 0.05) is 23.2 Å². The summed E-state index contributed by atoms with van der Waals surface area (Å²) in [5.41, 5.74) is 1.04. The van der Waals surface area contributed by atoms with Gasteiger partial charge in [0.15, 0.2) is 0 Å². The zero-order valence-corrected chi connectivity index (χ0v) is 17.2. The van der Waals surface area contributed by atoms with Gasteiger partial charge in [-0.3, -0.25) is 9.59 Å². The standard InChI is InChI=1S/C22H26ClFN2O2/c1-4-20(22(28)25-15(2)3)26(14-16-9-6-5-7-10-16)21(27)13-17-18(23)11-8-12-19(17)24/h5-12,15,20H,4,13-14H2,1-3H3,(H,25,28)/t20-/m1/s1. The molecule has 0 saturated heterocycles. The molecule has 1 N–H and O–H groups in total. The van der Waals surface area contributed by atoms with Crippen LogP contribution in [0.2, 0.25) is 5.02 Å². The smallest absolute Gasteiger partial charge is 0.243 e. The van der Waals surface area contributed by atoms with E-state index in [0.29, 0.717) is 6.42 Å². The molecule has 0 heterocycles. The van der Waals surface area contributed by atoms with Crippen LogP contribution in [0.15, 0.2) is 48.5 Å². The van der Waals surface area contributed by atoms with Gasteiger partial charge in [-0.2, -0.15) is 0 Å². The molecule has 0 aliphatic heterocycles. The Morgan fingerprint density at radius 1 is 1.11 bits per heavy atom. The van der Waals surface area contributed by atoms with Gasteiger partial charge >= 0.3 is 0 Å². The van der Waals surface area contributed by atoms with Gasteiger partial charge in [-0.05, 0) is 38.0 Å². The summed E-state index contributed by atoms with van der Waals surface area (Å²) in [4.78, 5) is 27.3. The van der Waals surface area contributed by atoms with E-state index in [-0.39, 0.29) is 41.4 Å². The number of halogens is 2.